The first-order valence-electron chi connectivity index (χ1n) is 10.1. The predicted molar refractivity (Wildman–Crippen MR) is 111 cm³/mol. The fourth-order valence-corrected chi connectivity index (χ4v) is 3.55. The fraction of sp³-hybridized carbons (Fsp3) is 0.391. The molecule has 0 spiro atoms. The molecule has 0 atom stereocenters. The molecule has 1 saturated carbocycles. The molecule has 6 heteroatoms. The van der Waals surface area contributed by atoms with Gasteiger partial charge in [0.05, 0.1) is 11.3 Å². The lowest BCUT2D eigenvalue weighted by atomic mass is 10.0. The highest BCUT2D eigenvalue weighted by Crippen LogP contribution is 2.29. The van der Waals surface area contributed by atoms with E-state index in [0.29, 0.717) is 42.7 Å². The van der Waals surface area contributed by atoms with Crippen molar-refractivity contribution in [1.82, 2.24) is 0 Å². The molecule has 0 aliphatic heterocycles. The Balaban J connectivity index is 1.43. The van der Waals surface area contributed by atoms with Gasteiger partial charge in [0, 0.05) is 6.42 Å². The number of nitrogens with one attached hydrogen (secondary N) is 1. The van der Waals surface area contributed by atoms with Crippen molar-refractivity contribution in [2.24, 2.45) is 5.92 Å². The molecule has 0 aromatic heterocycles. The standard InChI is InChI=1S/C23H27NO5/c25-22(14-9-17-5-1-2-6-17)24-20-7-3-4-8-21(20)29-16-15-28-19-12-10-18(11-13-19)23(26)27/h3-4,7-8,10-13,17H,1-2,5-6,9,14-16H2,(H,24,25)(H,26,27). The number of aromatic carboxylic acids is 1. The van der Waals surface area contributed by atoms with E-state index >= 15 is 0 Å². The van der Waals surface area contributed by atoms with Crippen LogP contribution in [0.1, 0.15) is 48.9 Å². The van der Waals surface area contributed by atoms with Crippen LogP contribution in [0.15, 0.2) is 48.5 Å². The van der Waals surface area contributed by atoms with Gasteiger partial charge < -0.3 is 19.9 Å². The zero-order valence-electron chi connectivity index (χ0n) is 16.4. The maximum Gasteiger partial charge on any atom is 0.335 e. The fourth-order valence-electron chi connectivity index (χ4n) is 3.55. The van der Waals surface area contributed by atoms with Crippen molar-refractivity contribution < 1.29 is 24.2 Å². The molecule has 29 heavy (non-hydrogen) atoms. The number of hydrogen-bond donors (Lipinski definition) is 2. The van der Waals surface area contributed by atoms with E-state index in [0.717, 1.165) is 6.42 Å². The van der Waals surface area contributed by atoms with Crippen molar-refractivity contribution in [3.05, 3.63) is 54.1 Å². The summed E-state index contributed by atoms with van der Waals surface area (Å²) in [6.45, 7) is 0.603. The maximum absolute atomic E-state index is 12.3. The molecule has 1 amide bonds. The summed E-state index contributed by atoms with van der Waals surface area (Å²) in [7, 11) is 0. The third-order valence-corrected chi connectivity index (χ3v) is 5.13. The molecular formula is C23H27NO5. The van der Waals surface area contributed by atoms with E-state index in [1.165, 1.54) is 37.8 Å². The second kappa shape index (κ2) is 10.5. The zero-order valence-corrected chi connectivity index (χ0v) is 16.4. The molecule has 0 radical (unpaired) electrons. The lowest BCUT2D eigenvalue weighted by Gasteiger charge is -2.14. The Labute approximate surface area is 170 Å². The smallest absolute Gasteiger partial charge is 0.335 e. The van der Waals surface area contributed by atoms with Gasteiger partial charge in [-0.25, -0.2) is 4.79 Å². The summed E-state index contributed by atoms with van der Waals surface area (Å²) >= 11 is 0. The van der Waals surface area contributed by atoms with Crippen LogP contribution in [-0.4, -0.2) is 30.2 Å². The van der Waals surface area contributed by atoms with Gasteiger partial charge in [0.25, 0.3) is 0 Å². The first-order valence-corrected chi connectivity index (χ1v) is 10.1. The number of carbonyl (C=O) groups is 2. The normalized spacial score (nSPS) is 13.8. The summed E-state index contributed by atoms with van der Waals surface area (Å²) in [6, 6.07) is 13.6. The summed E-state index contributed by atoms with van der Waals surface area (Å²) in [6.07, 6.45) is 6.54. The molecule has 0 heterocycles. The lowest BCUT2D eigenvalue weighted by Crippen LogP contribution is -2.15. The van der Waals surface area contributed by atoms with Crippen LogP contribution >= 0.6 is 0 Å². The lowest BCUT2D eigenvalue weighted by molar-refractivity contribution is -0.116. The number of anilines is 1. The summed E-state index contributed by atoms with van der Waals surface area (Å²) < 4.78 is 11.3. The minimum Gasteiger partial charge on any atom is -0.490 e. The molecule has 0 bridgehead atoms. The molecular weight excluding hydrogens is 370 g/mol. The van der Waals surface area contributed by atoms with E-state index in [2.05, 4.69) is 5.32 Å². The van der Waals surface area contributed by atoms with Gasteiger partial charge in [-0.1, -0.05) is 37.8 Å². The minimum atomic E-state index is -0.971. The van der Waals surface area contributed by atoms with Gasteiger partial charge in [-0.2, -0.15) is 0 Å². The summed E-state index contributed by atoms with van der Waals surface area (Å²) in [4.78, 5) is 23.1. The van der Waals surface area contributed by atoms with E-state index in [1.807, 2.05) is 24.3 Å². The van der Waals surface area contributed by atoms with E-state index in [-0.39, 0.29) is 11.5 Å². The Morgan fingerprint density at radius 1 is 0.966 bits per heavy atom. The van der Waals surface area contributed by atoms with Crippen molar-refractivity contribution >= 4 is 17.6 Å². The van der Waals surface area contributed by atoms with Crippen LogP contribution in [0.2, 0.25) is 0 Å². The number of amides is 1. The van der Waals surface area contributed by atoms with E-state index in [4.69, 9.17) is 14.6 Å². The van der Waals surface area contributed by atoms with Gasteiger partial charge in [0.1, 0.15) is 24.7 Å². The Kier molecular flexibility index (Phi) is 7.50. The molecule has 154 valence electrons. The molecule has 0 saturated heterocycles. The Hall–Kier alpha value is -3.02. The van der Waals surface area contributed by atoms with Crippen LogP contribution in [0.3, 0.4) is 0 Å². The van der Waals surface area contributed by atoms with Gasteiger partial charge in [0.15, 0.2) is 0 Å². The number of ether oxygens (including phenoxy) is 2. The SMILES string of the molecule is O=C(CCC1CCCC1)Nc1ccccc1OCCOc1ccc(C(=O)O)cc1. The molecule has 2 N–H and O–H groups in total. The second-order valence-corrected chi connectivity index (χ2v) is 7.26. The monoisotopic (exact) mass is 397 g/mol. The average Bonchev–Trinajstić information content (AvgIpc) is 3.25. The third-order valence-electron chi connectivity index (χ3n) is 5.13. The topological polar surface area (TPSA) is 84.9 Å². The van der Waals surface area contributed by atoms with Gasteiger partial charge in [-0.05, 0) is 48.7 Å². The first kappa shape index (κ1) is 20.7. The van der Waals surface area contributed by atoms with E-state index in [1.54, 1.807) is 12.1 Å². The number of carbonyl (C=O) groups excluding carboxylic acids is 1. The van der Waals surface area contributed by atoms with Crippen molar-refractivity contribution in [1.29, 1.82) is 0 Å². The predicted octanol–water partition coefficient (Wildman–Crippen LogP) is 4.75. The summed E-state index contributed by atoms with van der Waals surface area (Å²) in [5, 5.41) is 11.9. The van der Waals surface area contributed by atoms with Gasteiger partial charge in [0.2, 0.25) is 5.91 Å². The van der Waals surface area contributed by atoms with Gasteiger partial charge >= 0.3 is 5.97 Å². The molecule has 2 aromatic rings. The van der Waals surface area contributed by atoms with Crippen LogP contribution < -0.4 is 14.8 Å². The molecule has 6 nitrogen and oxygen atoms in total. The van der Waals surface area contributed by atoms with E-state index in [9.17, 15) is 9.59 Å². The highest BCUT2D eigenvalue weighted by molar-refractivity contribution is 5.92. The maximum atomic E-state index is 12.3. The Morgan fingerprint density at radius 2 is 1.66 bits per heavy atom. The number of carboxylic acids is 1. The van der Waals surface area contributed by atoms with Crippen LogP contribution in [0.4, 0.5) is 5.69 Å². The summed E-state index contributed by atoms with van der Waals surface area (Å²) in [5.41, 5.74) is 0.876. The molecule has 3 rings (SSSR count). The number of para-hydroxylation sites is 2. The summed E-state index contributed by atoms with van der Waals surface area (Å²) in [5.74, 6) is 0.914. The van der Waals surface area contributed by atoms with E-state index < -0.39 is 5.97 Å². The van der Waals surface area contributed by atoms with Crippen LogP contribution in [-0.2, 0) is 4.79 Å². The molecule has 1 aliphatic rings. The van der Waals surface area contributed by atoms with Crippen LogP contribution in [0, 0.1) is 5.92 Å². The van der Waals surface area contributed by atoms with Crippen molar-refractivity contribution in [3.8, 4) is 11.5 Å². The minimum absolute atomic E-state index is 0.0164. The van der Waals surface area contributed by atoms with Crippen LogP contribution in [0.5, 0.6) is 11.5 Å². The first-order chi connectivity index (χ1) is 14.1. The second-order valence-electron chi connectivity index (χ2n) is 7.26. The van der Waals surface area contributed by atoms with Gasteiger partial charge in [-0.3, -0.25) is 4.79 Å². The Bertz CT molecular complexity index is 812. The zero-order chi connectivity index (χ0) is 20.5. The quantitative estimate of drug-likeness (QED) is 0.565. The van der Waals surface area contributed by atoms with Crippen molar-refractivity contribution in [2.45, 2.75) is 38.5 Å². The largest absolute Gasteiger partial charge is 0.490 e. The van der Waals surface area contributed by atoms with Crippen molar-refractivity contribution in [3.63, 3.8) is 0 Å². The number of carboxylic acid groups (broad SMARTS) is 1. The number of benzene rings is 2. The number of hydrogen-bond acceptors (Lipinski definition) is 4. The molecule has 0 unspecified atom stereocenters. The highest BCUT2D eigenvalue weighted by Gasteiger charge is 2.16. The number of rotatable bonds is 10. The van der Waals surface area contributed by atoms with Gasteiger partial charge in [-0.15, -0.1) is 0 Å². The Morgan fingerprint density at radius 3 is 2.38 bits per heavy atom. The average molecular weight is 397 g/mol. The van der Waals surface area contributed by atoms with Crippen molar-refractivity contribution in [2.75, 3.05) is 18.5 Å². The molecule has 1 fully saturated rings. The third kappa shape index (κ3) is 6.52. The highest BCUT2D eigenvalue weighted by atomic mass is 16.5. The molecule has 1 aliphatic carbocycles. The molecule has 2 aromatic carbocycles. The van der Waals surface area contributed by atoms with Crippen LogP contribution in [0.25, 0.3) is 0 Å².